The zero-order valence-corrected chi connectivity index (χ0v) is 13.5. The third kappa shape index (κ3) is 3.69. The predicted octanol–water partition coefficient (Wildman–Crippen LogP) is 4.19. The van der Waals surface area contributed by atoms with Gasteiger partial charge in [-0.2, -0.15) is 0 Å². The Bertz CT molecular complexity index is 559. The Balaban J connectivity index is 1.76. The molecule has 3 nitrogen and oxygen atoms in total. The second kappa shape index (κ2) is 7.14. The van der Waals surface area contributed by atoms with Gasteiger partial charge in [0.2, 0.25) is 0 Å². The molecule has 2 heterocycles. The topological polar surface area (TPSA) is 37.8 Å². The van der Waals surface area contributed by atoms with Gasteiger partial charge in [-0.05, 0) is 31.4 Å². The summed E-state index contributed by atoms with van der Waals surface area (Å²) in [7, 11) is 0. The SMILES string of the molecule is CCCc1nc(-c2ccncc2)sc1CNC1CCCC1. The van der Waals surface area contributed by atoms with E-state index in [4.69, 9.17) is 4.98 Å². The molecule has 1 saturated carbocycles. The van der Waals surface area contributed by atoms with E-state index >= 15 is 0 Å². The van der Waals surface area contributed by atoms with Crippen LogP contribution >= 0.6 is 11.3 Å². The van der Waals surface area contributed by atoms with Gasteiger partial charge in [0.05, 0.1) is 5.69 Å². The van der Waals surface area contributed by atoms with E-state index in [1.807, 2.05) is 35.9 Å². The van der Waals surface area contributed by atoms with Gasteiger partial charge in [0.15, 0.2) is 0 Å². The minimum Gasteiger partial charge on any atom is -0.309 e. The monoisotopic (exact) mass is 301 g/mol. The lowest BCUT2D eigenvalue weighted by Crippen LogP contribution is -2.25. The summed E-state index contributed by atoms with van der Waals surface area (Å²) in [6, 6.07) is 4.80. The third-order valence-corrected chi connectivity index (χ3v) is 5.25. The zero-order chi connectivity index (χ0) is 14.5. The van der Waals surface area contributed by atoms with Crippen molar-refractivity contribution in [3.05, 3.63) is 35.1 Å². The van der Waals surface area contributed by atoms with Crippen LogP contribution in [0, 0.1) is 0 Å². The molecular formula is C17H23N3S. The lowest BCUT2D eigenvalue weighted by Gasteiger charge is -2.11. The zero-order valence-electron chi connectivity index (χ0n) is 12.6. The van der Waals surface area contributed by atoms with E-state index in [0.29, 0.717) is 6.04 Å². The van der Waals surface area contributed by atoms with Gasteiger partial charge < -0.3 is 5.32 Å². The summed E-state index contributed by atoms with van der Waals surface area (Å²) in [6.07, 6.45) is 11.3. The lowest BCUT2D eigenvalue weighted by atomic mass is 10.2. The van der Waals surface area contributed by atoms with Crippen LogP contribution in [-0.4, -0.2) is 16.0 Å². The largest absolute Gasteiger partial charge is 0.309 e. The number of aryl methyl sites for hydroxylation is 1. The highest BCUT2D eigenvalue weighted by molar-refractivity contribution is 7.15. The predicted molar refractivity (Wildman–Crippen MR) is 88.4 cm³/mol. The molecule has 0 unspecified atom stereocenters. The van der Waals surface area contributed by atoms with Crippen LogP contribution in [0.3, 0.4) is 0 Å². The fourth-order valence-corrected chi connectivity index (χ4v) is 4.00. The first-order chi connectivity index (χ1) is 10.4. The molecule has 2 aromatic heterocycles. The van der Waals surface area contributed by atoms with Gasteiger partial charge in [0, 0.05) is 35.4 Å². The molecule has 0 amide bonds. The molecule has 112 valence electrons. The molecule has 0 saturated heterocycles. The highest BCUT2D eigenvalue weighted by Gasteiger charge is 2.17. The molecule has 4 heteroatoms. The van der Waals surface area contributed by atoms with Crippen molar-refractivity contribution >= 4 is 11.3 Å². The Morgan fingerprint density at radius 2 is 2.00 bits per heavy atom. The van der Waals surface area contributed by atoms with Crippen LogP contribution in [0.2, 0.25) is 0 Å². The van der Waals surface area contributed by atoms with Crippen molar-refractivity contribution in [2.75, 3.05) is 0 Å². The van der Waals surface area contributed by atoms with E-state index in [0.717, 1.165) is 24.4 Å². The first-order valence-corrected chi connectivity index (χ1v) is 8.81. The quantitative estimate of drug-likeness (QED) is 0.869. The van der Waals surface area contributed by atoms with E-state index in [2.05, 4.69) is 17.2 Å². The number of pyridine rings is 1. The van der Waals surface area contributed by atoms with Crippen molar-refractivity contribution in [1.29, 1.82) is 0 Å². The van der Waals surface area contributed by atoms with Crippen molar-refractivity contribution in [1.82, 2.24) is 15.3 Å². The maximum atomic E-state index is 4.87. The molecule has 0 radical (unpaired) electrons. The number of hydrogen-bond donors (Lipinski definition) is 1. The summed E-state index contributed by atoms with van der Waals surface area (Å²) in [6.45, 7) is 3.20. The summed E-state index contributed by atoms with van der Waals surface area (Å²) in [5, 5.41) is 4.85. The van der Waals surface area contributed by atoms with E-state index in [9.17, 15) is 0 Å². The number of nitrogens with one attached hydrogen (secondary N) is 1. The minimum absolute atomic E-state index is 0.714. The average molecular weight is 301 g/mol. The van der Waals surface area contributed by atoms with Gasteiger partial charge in [-0.15, -0.1) is 11.3 Å². The highest BCUT2D eigenvalue weighted by Crippen LogP contribution is 2.29. The summed E-state index contributed by atoms with van der Waals surface area (Å²) in [5.41, 5.74) is 2.46. The lowest BCUT2D eigenvalue weighted by molar-refractivity contribution is 0.525. The number of hydrogen-bond acceptors (Lipinski definition) is 4. The Morgan fingerprint density at radius 1 is 1.24 bits per heavy atom. The standard InChI is InChI=1S/C17H23N3S/c1-2-5-15-16(12-19-14-6-3-4-7-14)21-17(20-15)13-8-10-18-11-9-13/h8-11,14,19H,2-7,12H2,1H3. The number of nitrogens with zero attached hydrogens (tertiary/aromatic N) is 2. The Hall–Kier alpha value is -1.26. The summed E-state index contributed by atoms with van der Waals surface area (Å²) >= 11 is 1.83. The van der Waals surface area contributed by atoms with Gasteiger partial charge in [0.1, 0.15) is 5.01 Å². The number of rotatable bonds is 6. The van der Waals surface area contributed by atoms with Crippen LogP contribution in [0.4, 0.5) is 0 Å². The second-order valence-corrected chi connectivity index (χ2v) is 6.82. The molecule has 0 spiro atoms. The van der Waals surface area contributed by atoms with E-state index < -0.39 is 0 Å². The van der Waals surface area contributed by atoms with Crippen molar-refractivity contribution in [3.8, 4) is 10.6 Å². The molecule has 0 aromatic carbocycles. The molecule has 3 rings (SSSR count). The van der Waals surface area contributed by atoms with Gasteiger partial charge in [-0.25, -0.2) is 4.98 Å². The van der Waals surface area contributed by atoms with Crippen LogP contribution in [0.1, 0.15) is 49.6 Å². The first-order valence-electron chi connectivity index (χ1n) is 7.99. The first kappa shape index (κ1) is 14.7. The van der Waals surface area contributed by atoms with Crippen LogP contribution in [0.25, 0.3) is 10.6 Å². The molecule has 21 heavy (non-hydrogen) atoms. The number of aromatic nitrogens is 2. The summed E-state index contributed by atoms with van der Waals surface area (Å²) < 4.78 is 0. The maximum Gasteiger partial charge on any atom is 0.124 e. The highest BCUT2D eigenvalue weighted by atomic mass is 32.1. The molecule has 0 atom stereocenters. The van der Waals surface area contributed by atoms with Crippen molar-refractivity contribution < 1.29 is 0 Å². The molecule has 1 fully saturated rings. The Morgan fingerprint density at radius 3 is 2.71 bits per heavy atom. The van der Waals surface area contributed by atoms with Crippen LogP contribution < -0.4 is 5.32 Å². The van der Waals surface area contributed by atoms with Gasteiger partial charge in [-0.3, -0.25) is 4.98 Å². The maximum absolute atomic E-state index is 4.87. The molecule has 1 N–H and O–H groups in total. The molecule has 1 aliphatic carbocycles. The Labute approximate surface area is 130 Å². The van der Waals surface area contributed by atoms with Gasteiger partial charge in [-0.1, -0.05) is 26.2 Å². The molecule has 0 bridgehead atoms. The molecule has 2 aromatic rings. The van der Waals surface area contributed by atoms with Crippen LogP contribution in [-0.2, 0) is 13.0 Å². The van der Waals surface area contributed by atoms with Gasteiger partial charge >= 0.3 is 0 Å². The van der Waals surface area contributed by atoms with Crippen molar-refractivity contribution in [2.24, 2.45) is 0 Å². The summed E-state index contributed by atoms with van der Waals surface area (Å²) in [4.78, 5) is 10.4. The van der Waals surface area contributed by atoms with Crippen molar-refractivity contribution in [2.45, 2.75) is 58.0 Å². The fraction of sp³-hybridized carbons (Fsp3) is 0.529. The smallest absolute Gasteiger partial charge is 0.124 e. The van der Waals surface area contributed by atoms with E-state index in [1.165, 1.54) is 41.8 Å². The third-order valence-electron chi connectivity index (χ3n) is 4.10. The minimum atomic E-state index is 0.714. The molecule has 0 aliphatic heterocycles. The molecular weight excluding hydrogens is 278 g/mol. The Kier molecular flexibility index (Phi) is 4.99. The number of thiazole rings is 1. The van der Waals surface area contributed by atoms with Crippen LogP contribution in [0.15, 0.2) is 24.5 Å². The van der Waals surface area contributed by atoms with E-state index in [1.54, 1.807) is 0 Å². The van der Waals surface area contributed by atoms with Crippen LogP contribution in [0.5, 0.6) is 0 Å². The van der Waals surface area contributed by atoms with Crippen molar-refractivity contribution in [3.63, 3.8) is 0 Å². The average Bonchev–Trinajstić information content (AvgIpc) is 3.16. The normalized spacial score (nSPS) is 15.7. The van der Waals surface area contributed by atoms with E-state index in [-0.39, 0.29) is 0 Å². The fourth-order valence-electron chi connectivity index (χ4n) is 2.94. The van der Waals surface area contributed by atoms with Gasteiger partial charge in [0.25, 0.3) is 0 Å². The summed E-state index contributed by atoms with van der Waals surface area (Å²) in [5.74, 6) is 0. The molecule has 1 aliphatic rings. The second-order valence-electron chi connectivity index (χ2n) is 5.74.